The number of rotatable bonds is 5. The summed E-state index contributed by atoms with van der Waals surface area (Å²) in [6, 6.07) is 6.49. The molecule has 1 atom stereocenters. The zero-order chi connectivity index (χ0) is 14.4. The lowest BCUT2D eigenvalue weighted by molar-refractivity contribution is -0.126. The van der Waals surface area contributed by atoms with E-state index in [2.05, 4.69) is 10.6 Å². The predicted octanol–water partition coefficient (Wildman–Crippen LogP) is 1.79. The van der Waals surface area contributed by atoms with E-state index in [1.54, 1.807) is 31.4 Å². The molecule has 2 N–H and O–H groups in total. The summed E-state index contributed by atoms with van der Waals surface area (Å²) < 4.78 is 5.04. The van der Waals surface area contributed by atoms with Crippen molar-refractivity contribution in [1.29, 1.82) is 0 Å². The second-order valence-electron chi connectivity index (χ2n) is 4.64. The first-order chi connectivity index (χ1) is 8.93. The molecule has 0 heterocycles. The molecule has 0 saturated carbocycles. The highest BCUT2D eigenvalue weighted by Crippen LogP contribution is 2.15. The molecule has 0 bridgehead atoms. The molecule has 0 fully saturated rings. The normalized spacial score (nSPS) is 11.8. The van der Waals surface area contributed by atoms with Crippen molar-refractivity contribution in [3.05, 3.63) is 24.3 Å². The number of hydrogen-bond acceptors (Lipinski definition) is 3. The molecule has 0 radical (unpaired) electrons. The van der Waals surface area contributed by atoms with Crippen molar-refractivity contribution < 1.29 is 14.3 Å². The smallest absolute Gasteiger partial charge is 0.247 e. The Hall–Kier alpha value is -2.04. The van der Waals surface area contributed by atoms with Crippen LogP contribution in [-0.2, 0) is 9.59 Å². The molecule has 0 aliphatic carbocycles. The van der Waals surface area contributed by atoms with E-state index in [1.165, 1.54) is 6.92 Å². The van der Waals surface area contributed by atoms with E-state index in [1.807, 2.05) is 13.8 Å². The predicted molar refractivity (Wildman–Crippen MR) is 74.1 cm³/mol. The quantitative estimate of drug-likeness (QED) is 0.852. The zero-order valence-electron chi connectivity index (χ0n) is 11.7. The number of nitrogens with one attached hydrogen (secondary N) is 2. The topological polar surface area (TPSA) is 67.4 Å². The van der Waals surface area contributed by atoms with Crippen LogP contribution in [0.1, 0.15) is 20.8 Å². The lowest BCUT2D eigenvalue weighted by Crippen LogP contribution is -2.46. The van der Waals surface area contributed by atoms with Gasteiger partial charge in [-0.2, -0.15) is 0 Å². The summed E-state index contributed by atoms with van der Waals surface area (Å²) in [5, 5.41) is 5.42. The van der Waals surface area contributed by atoms with E-state index >= 15 is 0 Å². The van der Waals surface area contributed by atoms with Crippen LogP contribution in [0.15, 0.2) is 24.3 Å². The molecule has 0 saturated heterocycles. The average molecular weight is 264 g/mol. The van der Waals surface area contributed by atoms with Gasteiger partial charge in [-0.1, -0.05) is 13.8 Å². The summed E-state index contributed by atoms with van der Waals surface area (Å²) in [6.07, 6.45) is 0. The van der Waals surface area contributed by atoms with Gasteiger partial charge in [0.25, 0.3) is 0 Å². The van der Waals surface area contributed by atoms with Gasteiger partial charge in [0.1, 0.15) is 11.8 Å². The fourth-order valence-electron chi connectivity index (χ4n) is 1.65. The highest BCUT2D eigenvalue weighted by molar-refractivity contribution is 5.97. The summed E-state index contributed by atoms with van der Waals surface area (Å²) in [7, 11) is 1.58. The van der Waals surface area contributed by atoms with Crippen molar-refractivity contribution in [2.24, 2.45) is 5.92 Å². The zero-order valence-corrected chi connectivity index (χ0v) is 11.7. The SMILES string of the molecule is COc1ccc(NC(=O)[C@@H](NC(C)=O)C(C)C)cc1. The Kier molecular flexibility index (Phi) is 5.36. The lowest BCUT2D eigenvalue weighted by atomic mass is 10.0. The molecule has 104 valence electrons. The number of hydrogen-bond donors (Lipinski definition) is 2. The fraction of sp³-hybridized carbons (Fsp3) is 0.429. The third kappa shape index (κ3) is 4.62. The Morgan fingerprint density at radius 1 is 1.16 bits per heavy atom. The monoisotopic (exact) mass is 264 g/mol. The number of carbonyl (C=O) groups is 2. The van der Waals surface area contributed by atoms with Crippen LogP contribution in [0.25, 0.3) is 0 Å². The fourth-order valence-corrected chi connectivity index (χ4v) is 1.65. The van der Waals surface area contributed by atoms with Gasteiger partial charge in [-0.15, -0.1) is 0 Å². The maximum absolute atomic E-state index is 12.1. The first-order valence-corrected chi connectivity index (χ1v) is 6.16. The summed E-state index contributed by atoms with van der Waals surface area (Å²) in [5.41, 5.74) is 0.668. The average Bonchev–Trinajstić information content (AvgIpc) is 2.36. The molecule has 5 nitrogen and oxygen atoms in total. The molecule has 0 unspecified atom stereocenters. The molecule has 19 heavy (non-hydrogen) atoms. The third-order valence-electron chi connectivity index (χ3n) is 2.67. The molecule has 1 rings (SSSR count). The van der Waals surface area contributed by atoms with Crippen molar-refractivity contribution >= 4 is 17.5 Å². The molecule has 2 amide bonds. The second kappa shape index (κ2) is 6.78. The molecule has 1 aromatic carbocycles. The van der Waals surface area contributed by atoms with Crippen LogP contribution in [0.3, 0.4) is 0 Å². The molecule has 0 aliphatic rings. The summed E-state index contributed by atoms with van der Waals surface area (Å²) in [5.74, 6) is 0.293. The molecule has 5 heteroatoms. The summed E-state index contributed by atoms with van der Waals surface area (Å²) >= 11 is 0. The van der Waals surface area contributed by atoms with E-state index < -0.39 is 6.04 Å². The number of carbonyl (C=O) groups excluding carboxylic acids is 2. The molecule has 0 spiro atoms. The van der Waals surface area contributed by atoms with Gasteiger partial charge < -0.3 is 15.4 Å². The van der Waals surface area contributed by atoms with Crippen molar-refractivity contribution in [3.8, 4) is 5.75 Å². The van der Waals surface area contributed by atoms with E-state index in [4.69, 9.17) is 4.74 Å². The van der Waals surface area contributed by atoms with Gasteiger partial charge in [0.15, 0.2) is 0 Å². The van der Waals surface area contributed by atoms with Gasteiger partial charge in [0.05, 0.1) is 7.11 Å². The molecule has 0 aliphatic heterocycles. The van der Waals surface area contributed by atoms with Crippen LogP contribution in [0.4, 0.5) is 5.69 Å². The molecule has 1 aromatic rings. The Balaban J connectivity index is 2.72. The summed E-state index contributed by atoms with van der Waals surface area (Å²) in [4.78, 5) is 23.2. The Labute approximate surface area is 113 Å². The maximum atomic E-state index is 12.1. The first kappa shape index (κ1) is 15.0. The first-order valence-electron chi connectivity index (χ1n) is 6.16. The number of methoxy groups -OCH3 is 1. The maximum Gasteiger partial charge on any atom is 0.247 e. The van der Waals surface area contributed by atoms with Crippen LogP contribution >= 0.6 is 0 Å². The van der Waals surface area contributed by atoms with Gasteiger partial charge in [-0.3, -0.25) is 9.59 Å². The number of amides is 2. The van der Waals surface area contributed by atoms with E-state index in [0.29, 0.717) is 5.69 Å². The van der Waals surface area contributed by atoms with Gasteiger partial charge in [0, 0.05) is 12.6 Å². The Morgan fingerprint density at radius 2 is 1.74 bits per heavy atom. The van der Waals surface area contributed by atoms with Gasteiger partial charge >= 0.3 is 0 Å². The van der Waals surface area contributed by atoms with E-state index in [0.717, 1.165) is 5.75 Å². The lowest BCUT2D eigenvalue weighted by Gasteiger charge is -2.20. The van der Waals surface area contributed by atoms with Crippen LogP contribution in [0.2, 0.25) is 0 Å². The van der Waals surface area contributed by atoms with Crippen molar-refractivity contribution in [2.45, 2.75) is 26.8 Å². The van der Waals surface area contributed by atoms with Crippen molar-refractivity contribution in [2.75, 3.05) is 12.4 Å². The molecule has 0 aromatic heterocycles. The number of ether oxygens (including phenoxy) is 1. The Morgan fingerprint density at radius 3 is 2.16 bits per heavy atom. The summed E-state index contributed by atoms with van der Waals surface area (Å²) in [6.45, 7) is 5.17. The standard InChI is InChI=1S/C14H20N2O3/c1-9(2)13(15-10(3)17)14(18)16-11-5-7-12(19-4)8-6-11/h5-9,13H,1-4H3,(H,15,17)(H,16,18)/t13-/m0/s1. The molecular formula is C14H20N2O3. The minimum Gasteiger partial charge on any atom is -0.497 e. The molecular weight excluding hydrogens is 244 g/mol. The van der Waals surface area contributed by atoms with Gasteiger partial charge in [-0.05, 0) is 30.2 Å². The van der Waals surface area contributed by atoms with Crippen molar-refractivity contribution in [1.82, 2.24) is 5.32 Å². The van der Waals surface area contributed by atoms with Gasteiger partial charge in [0.2, 0.25) is 11.8 Å². The van der Waals surface area contributed by atoms with E-state index in [9.17, 15) is 9.59 Å². The van der Waals surface area contributed by atoms with Crippen molar-refractivity contribution in [3.63, 3.8) is 0 Å². The number of anilines is 1. The minimum absolute atomic E-state index is 0.0159. The van der Waals surface area contributed by atoms with Crippen LogP contribution < -0.4 is 15.4 Å². The van der Waals surface area contributed by atoms with Crippen LogP contribution in [0, 0.1) is 5.92 Å². The highest BCUT2D eigenvalue weighted by atomic mass is 16.5. The minimum atomic E-state index is -0.542. The second-order valence-corrected chi connectivity index (χ2v) is 4.64. The Bertz CT molecular complexity index is 441. The number of benzene rings is 1. The van der Waals surface area contributed by atoms with Crippen LogP contribution in [0.5, 0.6) is 5.75 Å². The van der Waals surface area contributed by atoms with E-state index in [-0.39, 0.29) is 17.7 Å². The third-order valence-corrected chi connectivity index (χ3v) is 2.67. The largest absolute Gasteiger partial charge is 0.497 e. The van der Waals surface area contributed by atoms with Crippen LogP contribution in [-0.4, -0.2) is 25.0 Å². The van der Waals surface area contributed by atoms with Gasteiger partial charge in [-0.25, -0.2) is 0 Å². The highest BCUT2D eigenvalue weighted by Gasteiger charge is 2.22.